The molecule has 0 unspecified atom stereocenters. The molecule has 0 spiro atoms. The Kier molecular flexibility index (Phi) is 4.16. The van der Waals surface area contributed by atoms with E-state index in [1.807, 2.05) is 0 Å². The second-order valence-corrected chi connectivity index (χ2v) is 6.12. The molecule has 0 atom stereocenters. The van der Waals surface area contributed by atoms with Gasteiger partial charge in [-0.25, -0.2) is 0 Å². The predicted octanol–water partition coefficient (Wildman–Crippen LogP) is 2.48. The molecule has 0 radical (unpaired) electrons. The van der Waals surface area contributed by atoms with Gasteiger partial charge >= 0.3 is 0 Å². The van der Waals surface area contributed by atoms with E-state index in [1.54, 1.807) is 7.11 Å². The van der Waals surface area contributed by atoms with Gasteiger partial charge in [-0.15, -0.1) is 0 Å². The number of methoxy groups -OCH3 is 1. The van der Waals surface area contributed by atoms with Gasteiger partial charge in [0.25, 0.3) is 0 Å². The Morgan fingerprint density at radius 2 is 1.89 bits per heavy atom. The van der Waals surface area contributed by atoms with Crippen LogP contribution in [0.1, 0.15) is 29.5 Å². The minimum absolute atomic E-state index is 0.391. The summed E-state index contributed by atoms with van der Waals surface area (Å²) >= 11 is 0. The van der Waals surface area contributed by atoms with Crippen LogP contribution in [0.5, 0.6) is 5.75 Å². The van der Waals surface area contributed by atoms with Gasteiger partial charge in [-0.2, -0.15) is 0 Å². The standard InChI is InChI=1S/C16H26N2O/c1-12-7-14(15(19-4)8-13(12)2)9-18(3)11-16(10-17)5-6-16/h7-8H,5-6,9-11,17H2,1-4H3. The number of nitrogens with zero attached hydrogens (tertiary/aromatic N) is 1. The van der Waals surface area contributed by atoms with Crippen molar-refractivity contribution in [3.63, 3.8) is 0 Å². The molecule has 0 aromatic heterocycles. The van der Waals surface area contributed by atoms with Crippen molar-refractivity contribution in [2.75, 3.05) is 27.2 Å². The van der Waals surface area contributed by atoms with Gasteiger partial charge < -0.3 is 15.4 Å². The summed E-state index contributed by atoms with van der Waals surface area (Å²) in [5.74, 6) is 0.993. The summed E-state index contributed by atoms with van der Waals surface area (Å²) in [7, 11) is 3.92. The Balaban J connectivity index is 2.07. The van der Waals surface area contributed by atoms with Crippen molar-refractivity contribution >= 4 is 0 Å². The molecule has 19 heavy (non-hydrogen) atoms. The van der Waals surface area contributed by atoms with E-state index in [2.05, 4.69) is 37.9 Å². The zero-order valence-corrected chi connectivity index (χ0v) is 12.6. The highest BCUT2D eigenvalue weighted by Crippen LogP contribution is 2.45. The number of hydrogen-bond acceptors (Lipinski definition) is 3. The van der Waals surface area contributed by atoms with Crippen LogP contribution in [0.25, 0.3) is 0 Å². The lowest BCUT2D eigenvalue weighted by atomic mass is 10.0. The lowest BCUT2D eigenvalue weighted by molar-refractivity contribution is 0.255. The summed E-state index contributed by atoms with van der Waals surface area (Å²) in [6, 6.07) is 4.38. The third-order valence-corrected chi connectivity index (χ3v) is 4.33. The topological polar surface area (TPSA) is 38.5 Å². The number of hydrogen-bond donors (Lipinski definition) is 1. The molecule has 1 aliphatic rings. The molecule has 3 heteroatoms. The average Bonchev–Trinajstić information content (AvgIpc) is 3.13. The van der Waals surface area contributed by atoms with Crippen molar-refractivity contribution in [1.29, 1.82) is 0 Å². The van der Waals surface area contributed by atoms with Gasteiger partial charge in [-0.05, 0) is 62.9 Å². The van der Waals surface area contributed by atoms with E-state index in [4.69, 9.17) is 10.5 Å². The molecular weight excluding hydrogens is 236 g/mol. The molecule has 3 nitrogen and oxygen atoms in total. The zero-order valence-electron chi connectivity index (χ0n) is 12.6. The minimum atomic E-state index is 0.391. The van der Waals surface area contributed by atoms with Crippen molar-refractivity contribution < 1.29 is 4.74 Å². The summed E-state index contributed by atoms with van der Waals surface area (Å²) in [6.45, 7) is 7.09. The molecule has 1 aromatic carbocycles. The molecule has 2 rings (SSSR count). The largest absolute Gasteiger partial charge is 0.496 e. The highest BCUT2D eigenvalue weighted by atomic mass is 16.5. The summed E-state index contributed by atoms with van der Waals surface area (Å²) in [5, 5.41) is 0. The molecule has 2 N–H and O–H groups in total. The van der Waals surface area contributed by atoms with Crippen LogP contribution in [-0.2, 0) is 6.54 Å². The molecule has 0 aliphatic heterocycles. The van der Waals surface area contributed by atoms with Gasteiger partial charge in [0.2, 0.25) is 0 Å². The summed E-state index contributed by atoms with van der Waals surface area (Å²) < 4.78 is 5.50. The van der Waals surface area contributed by atoms with E-state index in [1.165, 1.54) is 29.5 Å². The van der Waals surface area contributed by atoms with Gasteiger partial charge in [0.1, 0.15) is 5.75 Å². The Hall–Kier alpha value is -1.06. The Morgan fingerprint density at radius 3 is 2.42 bits per heavy atom. The molecule has 1 aliphatic carbocycles. The van der Waals surface area contributed by atoms with E-state index in [-0.39, 0.29) is 0 Å². The average molecular weight is 262 g/mol. The van der Waals surface area contributed by atoms with Gasteiger partial charge in [0.05, 0.1) is 7.11 Å². The normalized spacial score (nSPS) is 16.7. The first-order chi connectivity index (χ1) is 8.99. The van der Waals surface area contributed by atoms with Crippen LogP contribution in [0.2, 0.25) is 0 Å². The summed E-state index contributed by atoms with van der Waals surface area (Å²) in [6.07, 6.45) is 2.55. The van der Waals surface area contributed by atoms with Crippen molar-refractivity contribution in [2.45, 2.75) is 33.2 Å². The van der Waals surface area contributed by atoms with Crippen LogP contribution in [-0.4, -0.2) is 32.1 Å². The van der Waals surface area contributed by atoms with Crippen LogP contribution in [0.15, 0.2) is 12.1 Å². The molecule has 0 heterocycles. The van der Waals surface area contributed by atoms with Crippen molar-refractivity contribution in [3.8, 4) is 5.75 Å². The maximum atomic E-state index is 5.86. The van der Waals surface area contributed by atoms with Gasteiger partial charge in [-0.3, -0.25) is 0 Å². The third-order valence-electron chi connectivity index (χ3n) is 4.33. The maximum absolute atomic E-state index is 5.86. The fourth-order valence-electron chi connectivity index (χ4n) is 2.69. The van der Waals surface area contributed by atoms with E-state index in [9.17, 15) is 0 Å². The van der Waals surface area contributed by atoms with Crippen LogP contribution in [0, 0.1) is 19.3 Å². The first-order valence-electron chi connectivity index (χ1n) is 7.02. The van der Waals surface area contributed by atoms with Crippen LogP contribution in [0.3, 0.4) is 0 Å². The molecule has 1 saturated carbocycles. The Morgan fingerprint density at radius 1 is 1.26 bits per heavy atom. The monoisotopic (exact) mass is 262 g/mol. The highest BCUT2D eigenvalue weighted by Gasteiger charge is 2.41. The zero-order chi connectivity index (χ0) is 14.0. The minimum Gasteiger partial charge on any atom is -0.496 e. The van der Waals surface area contributed by atoms with E-state index in [0.29, 0.717) is 5.41 Å². The van der Waals surface area contributed by atoms with Crippen molar-refractivity contribution in [1.82, 2.24) is 4.90 Å². The second-order valence-electron chi connectivity index (χ2n) is 6.12. The van der Waals surface area contributed by atoms with E-state index < -0.39 is 0 Å². The fraction of sp³-hybridized carbons (Fsp3) is 0.625. The summed E-state index contributed by atoms with van der Waals surface area (Å²) in [5.41, 5.74) is 10.1. The van der Waals surface area contributed by atoms with Gasteiger partial charge in [0.15, 0.2) is 0 Å². The Bertz CT molecular complexity index is 452. The molecule has 0 bridgehead atoms. The Labute approximate surface area is 116 Å². The molecule has 1 aromatic rings. The lowest BCUT2D eigenvalue weighted by Crippen LogP contribution is -2.31. The second kappa shape index (κ2) is 5.51. The first kappa shape index (κ1) is 14.4. The molecule has 0 amide bonds. The highest BCUT2D eigenvalue weighted by molar-refractivity contribution is 5.41. The number of nitrogens with two attached hydrogens (primary N) is 1. The first-order valence-corrected chi connectivity index (χ1v) is 7.02. The third kappa shape index (κ3) is 3.28. The van der Waals surface area contributed by atoms with Crippen molar-refractivity contribution in [3.05, 3.63) is 28.8 Å². The van der Waals surface area contributed by atoms with Crippen LogP contribution in [0.4, 0.5) is 0 Å². The summed E-state index contributed by atoms with van der Waals surface area (Å²) in [4.78, 5) is 2.37. The fourth-order valence-corrected chi connectivity index (χ4v) is 2.69. The van der Waals surface area contributed by atoms with E-state index in [0.717, 1.165) is 25.4 Å². The molecule has 106 valence electrons. The molecule has 0 saturated heterocycles. The maximum Gasteiger partial charge on any atom is 0.123 e. The molecule has 1 fully saturated rings. The number of benzene rings is 1. The molecular formula is C16H26N2O. The van der Waals surface area contributed by atoms with E-state index >= 15 is 0 Å². The lowest BCUT2D eigenvalue weighted by Gasteiger charge is -2.24. The quantitative estimate of drug-likeness (QED) is 0.856. The van der Waals surface area contributed by atoms with Crippen LogP contribution >= 0.6 is 0 Å². The number of ether oxygens (including phenoxy) is 1. The van der Waals surface area contributed by atoms with Gasteiger partial charge in [0, 0.05) is 18.7 Å². The van der Waals surface area contributed by atoms with Crippen LogP contribution < -0.4 is 10.5 Å². The SMILES string of the molecule is COc1cc(C)c(C)cc1CN(C)CC1(CN)CC1. The smallest absolute Gasteiger partial charge is 0.123 e. The van der Waals surface area contributed by atoms with Crippen molar-refractivity contribution in [2.24, 2.45) is 11.1 Å². The number of aryl methyl sites for hydroxylation is 2. The predicted molar refractivity (Wildman–Crippen MR) is 79.5 cm³/mol. The van der Waals surface area contributed by atoms with Gasteiger partial charge in [-0.1, -0.05) is 6.07 Å². The number of rotatable bonds is 6.